The molecule has 3 rings (SSSR count). The van der Waals surface area contributed by atoms with Crippen LogP contribution in [0.4, 0.5) is 23.2 Å². The maximum absolute atomic E-state index is 14.2. The topological polar surface area (TPSA) is 62.7 Å². The van der Waals surface area contributed by atoms with Gasteiger partial charge in [0.05, 0.1) is 26.5 Å². The van der Waals surface area contributed by atoms with E-state index in [2.05, 4.69) is 16.0 Å². The Morgan fingerprint density at radius 3 is 2.36 bits per heavy atom. The zero-order valence-electron chi connectivity index (χ0n) is 17.3. The summed E-state index contributed by atoms with van der Waals surface area (Å²) in [4.78, 5) is 16.8. The molecule has 0 saturated carbocycles. The van der Waals surface area contributed by atoms with Crippen molar-refractivity contribution < 1.29 is 27.2 Å². The first-order chi connectivity index (χ1) is 15.3. The van der Waals surface area contributed by atoms with E-state index < -0.39 is 39.6 Å². The summed E-state index contributed by atoms with van der Waals surface area (Å²) >= 11 is 17.6. The molecule has 0 saturated heterocycles. The van der Waals surface area contributed by atoms with Crippen LogP contribution in [0.5, 0.6) is 0 Å². The van der Waals surface area contributed by atoms with Gasteiger partial charge in [-0.15, -0.1) is 0 Å². The van der Waals surface area contributed by atoms with Crippen molar-refractivity contribution in [2.24, 2.45) is 11.1 Å². The van der Waals surface area contributed by atoms with E-state index in [1.807, 2.05) is 13.8 Å². The van der Waals surface area contributed by atoms with E-state index in [4.69, 9.17) is 39.6 Å². The summed E-state index contributed by atoms with van der Waals surface area (Å²) in [5.74, 6) is -1.19. The van der Waals surface area contributed by atoms with Crippen LogP contribution in [-0.4, -0.2) is 17.8 Å². The predicted octanol–water partition coefficient (Wildman–Crippen LogP) is 6.86. The Hall–Kier alpha value is -2.23. The number of hydrogen-bond acceptors (Lipinski definition) is 4. The minimum atomic E-state index is -4.93. The second kappa shape index (κ2) is 9.56. The number of oxime groups is 1. The number of hydrazine groups is 1. The first kappa shape index (κ1) is 25.4. The fourth-order valence-corrected chi connectivity index (χ4v) is 3.86. The van der Waals surface area contributed by atoms with Gasteiger partial charge in [-0.25, -0.2) is 4.39 Å². The van der Waals surface area contributed by atoms with Crippen molar-refractivity contribution in [2.45, 2.75) is 38.5 Å². The molecular formula is C21H18Cl3F4N3O2. The molecule has 1 aliphatic rings. The Morgan fingerprint density at radius 2 is 1.79 bits per heavy atom. The summed E-state index contributed by atoms with van der Waals surface area (Å²) in [6.45, 7) is 3.75. The number of amides is 1. The number of benzene rings is 2. The van der Waals surface area contributed by atoms with E-state index in [-0.39, 0.29) is 40.2 Å². The van der Waals surface area contributed by atoms with E-state index in [1.54, 1.807) is 0 Å². The normalized spacial score (nSPS) is 18.2. The van der Waals surface area contributed by atoms with Crippen molar-refractivity contribution in [1.29, 1.82) is 0 Å². The number of alkyl halides is 3. The summed E-state index contributed by atoms with van der Waals surface area (Å²) < 4.78 is 56.2. The fourth-order valence-electron chi connectivity index (χ4n) is 3.21. The van der Waals surface area contributed by atoms with Crippen molar-refractivity contribution in [3.05, 3.63) is 62.3 Å². The molecule has 2 N–H and O–H groups in total. The largest absolute Gasteiger partial charge is 0.435 e. The lowest BCUT2D eigenvalue weighted by molar-refractivity contribution is -0.275. The van der Waals surface area contributed by atoms with E-state index in [0.717, 1.165) is 12.1 Å². The maximum atomic E-state index is 14.2. The molecule has 2 aromatic carbocycles. The molecule has 5 nitrogen and oxygen atoms in total. The van der Waals surface area contributed by atoms with Crippen molar-refractivity contribution in [3.63, 3.8) is 0 Å². The minimum absolute atomic E-state index is 0.0443. The van der Waals surface area contributed by atoms with Gasteiger partial charge in [-0.2, -0.15) is 13.2 Å². The highest BCUT2D eigenvalue weighted by atomic mass is 35.5. The molecule has 0 radical (unpaired) electrons. The zero-order chi connectivity index (χ0) is 24.6. The van der Waals surface area contributed by atoms with Gasteiger partial charge in [0.1, 0.15) is 0 Å². The van der Waals surface area contributed by atoms with Crippen molar-refractivity contribution in [1.82, 2.24) is 5.43 Å². The Morgan fingerprint density at radius 1 is 1.15 bits per heavy atom. The number of nitrogens with zero attached hydrogens (tertiary/aromatic N) is 1. The number of carbonyl (C=O) groups excluding carboxylic acids is 1. The highest BCUT2D eigenvalue weighted by Gasteiger charge is 2.62. The van der Waals surface area contributed by atoms with Crippen LogP contribution >= 0.6 is 34.8 Å². The fraction of sp³-hybridized carbons (Fsp3) is 0.333. The third kappa shape index (κ3) is 5.31. The van der Waals surface area contributed by atoms with Crippen molar-refractivity contribution in [2.75, 3.05) is 5.43 Å². The number of carbonyl (C=O) groups is 1. The average Bonchev–Trinajstić information content (AvgIpc) is 3.17. The Balaban J connectivity index is 1.89. The first-order valence-corrected chi connectivity index (χ1v) is 10.8. The number of anilines is 1. The first-order valence-electron chi connectivity index (χ1n) is 9.65. The van der Waals surface area contributed by atoms with Gasteiger partial charge in [-0.3, -0.25) is 15.6 Å². The van der Waals surface area contributed by atoms with Crippen LogP contribution in [0.15, 0.2) is 35.5 Å². The van der Waals surface area contributed by atoms with Crippen LogP contribution in [0, 0.1) is 11.7 Å². The van der Waals surface area contributed by atoms with Crippen molar-refractivity contribution in [3.8, 4) is 0 Å². The monoisotopic (exact) mass is 525 g/mol. The number of rotatable bonds is 6. The lowest BCUT2D eigenvalue weighted by atomic mass is 9.86. The summed E-state index contributed by atoms with van der Waals surface area (Å²) in [6, 6.07) is 5.96. The number of nitrogens with one attached hydrogen (secondary N) is 2. The molecule has 1 heterocycles. The zero-order valence-corrected chi connectivity index (χ0v) is 19.6. The van der Waals surface area contributed by atoms with Gasteiger partial charge in [-0.05, 0) is 30.2 Å². The predicted molar refractivity (Wildman–Crippen MR) is 119 cm³/mol. The van der Waals surface area contributed by atoms with Gasteiger partial charge in [0.15, 0.2) is 5.82 Å². The quantitative estimate of drug-likeness (QED) is 0.246. The van der Waals surface area contributed by atoms with Gasteiger partial charge in [0.2, 0.25) is 5.91 Å². The van der Waals surface area contributed by atoms with Gasteiger partial charge >= 0.3 is 6.18 Å². The summed E-state index contributed by atoms with van der Waals surface area (Å²) in [5, 5.41) is 2.72. The molecule has 33 heavy (non-hydrogen) atoms. The standard InChI is InChI=1S/C21H18Cl3F4N3O2/c1-10(2)5-18(32)30-29-16-6-11(3-4-13(16)22)17-9-20(33-31-17,21(26,27)28)12-7-14(23)19(25)15(24)8-12/h3-4,6-8,10,29H,5,9H2,1-2H3,(H,30,32)/t20-/m0/s1. The molecule has 0 fully saturated rings. The summed E-state index contributed by atoms with van der Waals surface area (Å²) in [6.07, 6.45) is -5.39. The van der Waals surface area contributed by atoms with Crippen molar-refractivity contribution >= 4 is 52.1 Å². The van der Waals surface area contributed by atoms with Crippen LogP contribution < -0.4 is 10.9 Å². The highest BCUT2D eigenvalue weighted by Crippen LogP contribution is 2.50. The van der Waals surface area contributed by atoms with Crippen LogP contribution in [-0.2, 0) is 15.2 Å². The van der Waals surface area contributed by atoms with Crippen LogP contribution in [0.25, 0.3) is 0 Å². The third-order valence-corrected chi connectivity index (χ3v) is 5.75. The van der Waals surface area contributed by atoms with E-state index in [0.29, 0.717) is 0 Å². The van der Waals surface area contributed by atoms with Gasteiger partial charge < -0.3 is 4.84 Å². The van der Waals surface area contributed by atoms with Gasteiger partial charge in [-0.1, -0.05) is 59.9 Å². The number of hydrogen-bond donors (Lipinski definition) is 2. The third-order valence-electron chi connectivity index (χ3n) is 4.87. The molecule has 0 aliphatic carbocycles. The Labute approximate surface area is 202 Å². The van der Waals surface area contributed by atoms with E-state index >= 15 is 0 Å². The smallest absolute Gasteiger partial charge is 0.374 e. The van der Waals surface area contributed by atoms with E-state index in [1.165, 1.54) is 18.2 Å². The Kier molecular flexibility index (Phi) is 7.36. The molecular weight excluding hydrogens is 509 g/mol. The lowest BCUT2D eigenvalue weighted by Gasteiger charge is -2.29. The minimum Gasteiger partial charge on any atom is -0.374 e. The van der Waals surface area contributed by atoms with Crippen LogP contribution in [0.1, 0.15) is 37.8 Å². The van der Waals surface area contributed by atoms with Gasteiger partial charge in [0.25, 0.3) is 5.60 Å². The van der Waals surface area contributed by atoms with Gasteiger partial charge in [0, 0.05) is 24.0 Å². The second-order valence-electron chi connectivity index (χ2n) is 7.85. The lowest BCUT2D eigenvalue weighted by Crippen LogP contribution is -2.42. The molecule has 0 bridgehead atoms. The molecule has 1 atom stereocenters. The Bertz CT molecular complexity index is 1090. The summed E-state index contributed by atoms with van der Waals surface area (Å²) in [7, 11) is 0. The molecule has 2 aromatic rings. The molecule has 0 unspecified atom stereocenters. The summed E-state index contributed by atoms with van der Waals surface area (Å²) in [5.41, 5.74) is 2.22. The van der Waals surface area contributed by atoms with Crippen LogP contribution in [0.2, 0.25) is 15.1 Å². The second-order valence-corrected chi connectivity index (χ2v) is 9.07. The molecule has 178 valence electrons. The van der Waals surface area contributed by atoms with Crippen LogP contribution in [0.3, 0.4) is 0 Å². The molecule has 1 amide bonds. The molecule has 12 heteroatoms. The SMILES string of the molecule is CC(C)CC(=O)NNc1cc(C2=NO[C@@](c3cc(Cl)c(F)c(Cl)c3)(C(F)(F)F)C2)ccc1Cl. The molecule has 0 aromatic heterocycles. The molecule has 0 spiro atoms. The number of halogens is 7. The maximum Gasteiger partial charge on any atom is 0.435 e. The molecule has 1 aliphatic heterocycles. The highest BCUT2D eigenvalue weighted by molar-refractivity contribution is 6.35. The average molecular weight is 527 g/mol. The van der Waals surface area contributed by atoms with E-state index in [9.17, 15) is 22.4 Å².